The molecule has 6 N–H and O–H groups in total. The fraction of sp³-hybridized carbons (Fsp3) is 0.548. The van der Waals surface area contributed by atoms with Gasteiger partial charge in [-0.25, -0.2) is 26.3 Å². The first-order chi connectivity index (χ1) is 42.6. The van der Waals surface area contributed by atoms with Crippen molar-refractivity contribution in [1.82, 2.24) is 39.7 Å². The Hall–Kier alpha value is -6.14. The lowest BCUT2D eigenvalue weighted by Crippen LogP contribution is -2.47. The van der Waals surface area contributed by atoms with E-state index in [1.54, 1.807) is 24.3 Å². The van der Waals surface area contributed by atoms with Gasteiger partial charge in [0.2, 0.25) is 31.9 Å². The van der Waals surface area contributed by atoms with Crippen LogP contribution in [0.25, 0.3) is 0 Å². The minimum atomic E-state index is -3.81. The molecule has 4 aliphatic rings. The van der Waals surface area contributed by atoms with Crippen LogP contribution < -0.4 is 29.6 Å². The number of likely N-dealkylation sites (tertiary alicyclic amines) is 2. The molecule has 2 heterocycles. The summed E-state index contributed by atoms with van der Waals surface area (Å²) in [6.07, 6.45) is 8.73. The van der Waals surface area contributed by atoms with Crippen LogP contribution in [0.5, 0.6) is 11.5 Å². The van der Waals surface area contributed by atoms with Gasteiger partial charge in [-0.3, -0.25) is 38.8 Å². The fourth-order valence-corrected chi connectivity index (χ4v) is 13.7. The van der Waals surface area contributed by atoms with E-state index in [2.05, 4.69) is 66.3 Å². The van der Waals surface area contributed by atoms with Gasteiger partial charge < -0.3 is 49.3 Å². The Morgan fingerprint density at radius 1 is 0.455 bits per heavy atom. The van der Waals surface area contributed by atoms with Crippen LogP contribution in [0.3, 0.4) is 0 Å². The van der Waals surface area contributed by atoms with E-state index in [0.29, 0.717) is 11.5 Å². The third kappa shape index (κ3) is 21.3. The number of nitrogens with zero attached hydrogens (tertiary/aromatic N) is 4. The van der Waals surface area contributed by atoms with Crippen LogP contribution in [0.2, 0.25) is 0 Å². The molecule has 482 valence electrons. The number of ether oxygens (including phenoxy) is 6. The summed E-state index contributed by atoms with van der Waals surface area (Å²) in [6, 6.07) is 30.0. The van der Waals surface area contributed by atoms with Crippen molar-refractivity contribution in [2.75, 3.05) is 144 Å². The molecule has 24 nitrogen and oxygen atoms in total. The fourth-order valence-electron chi connectivity index (χ4n) is 11.6. The summed E-state index contributed by atoms with van der Waals surface area (Å²) >= 11 is 0. The lowest BCUT2D eigenvalue weighted by Gasteiger charge is -2.35. The molecule has 0 bridgehead atoms. The van der Waals surface area contributed by atoms with Gasteiger partial charge in [-0.1, -0.05) is 61.4 Å². The largest absolute Gasteiger partial charge is 0.484 e. The molecular weight excluding hydrogens is 1180 g/mol. The second-order valence-electron chi connectivity index (χ2n) is 22.3. The number of benzene rings is 4. The first-order valence-electron chi connectivity index (χ1n) is 30.5. The lowest BCUT2D eigenvalue weighted by molar-refractivity contribution is -0.141. The Balaban J connectivity index is 0.632. The van der Waals surface area contributed by atoms with Crippen LogP contribution in [-0.2, 0) is 71.0 Å². The number of amides is 2. The molecule has 0 aromatic heterocycles. The van der Waals surface area contributed by atoms with E-state index in [1.807, 2.05) is 12.1 Å². The monoisotopic (exact) mass is 1260 g/mol. The molecule has 0 spiro atoms. The van der Waals surface area contributed by atoms with Crippen LogP contribution in [0.15, 0.2) is 107 Å². The molecule has 4 aromatic rings. The number of aliphatic carboxylic acids is 2. The molecule has 4 aromatic carbocycles. The first kappa shape index (κ1) is 67.8. The molecule has 88 heavy (non-hydrogen) atoms. The molecule has 2 aliphatic heterocycles. The average molecular weight is 1260 g/mol. The maximum Gasteiger partial charge on any atom is 0.317 e. The molecule has 4 atom stereocenters. The number of piperidine rings is 2. The van der Waals surface area contributed by atoms with Crippen molar-refractivity contribution in [2.24, 2.45) is 0 Å². The van der Waals surface area contributed by atoms with Crippen LogP contribution in [0.4, 0.5) is 0 Å². The van der Waals surface area contributed by atoms with E-state index in [1.165, 1.54) is 94.8 Å². The number of carbonyl (C=O) groups excluding carboxylic acids is 2. The summed E-state index contributed by atoms with van der Waals surface area (Å²) in [5, 5.41) is 24.3. The number of carboxylic acid groups (broad SMARTS) is 2. The third-order valence-electron chi connectivity index (χ3n) is 15.9. The Morgan fingerprint density at radius 3 is 1.17 bits per heavy atom. The van der Waals surface area contributed by atoms with Crippen LogP contribution >= 0.6 is 0 Å². The molecule has 2 amide bonds. The van der Waals surface area contributed by atoms with Gasteiger partial charge >= 0.3 is 11.9 Å². The predicted molar refractivity (Wildman–Crippen MR) is 326 cm³/mol. The number of hydrogen-bond acceptors (Lipinski definition) is 18. The van der Waals surface area contributed by atoms with Crippen LogP contribution in [-0.4, -0.2) is 227 Å². The Morgan fingerprint density at radius 2 is 0.807 bits per heavy atom. The van der Waals surface area contributed by atoms with Crippen molar-refractivity contribution in [3.8, 4) is 11.5 Å². The molecule has 0 radical (unpaired) electrons. The molecule has 2 fully saturated rings. The smallest absolute Gasteiger partial charge is 0.317 e. The predicted octanol–water partition coefficient (Wildman–Crippen LogP) is 3.08. The highest BCUT2D eigenvalue weighted by molar-refractivity contribution is 7.89. The SMILES string of the molecule is O=C(O)CN(CCN(CC(=O)O)CC(=O)NCCOCCOCCNS(=O)(=O)c1ccc(OC2c3ccccc3CC2N2CCCCC2)cc1)CC(=O)NCCOCCOCCNS(=O)(=O)c1ccc(OC2c3ccccc3CC2N2CCCCC2)cc1. The molecule has 2 saturated heterocycles. The summed E-state index contributed by atoms with van der Waals surface area (Å²) < 4.78 is 92.5. The second-order valence-corrected chi connectivity index (χ2v) is 25.8. The Kier molecular flexibility index (Phi) is 26.7. The van der Waals surface area contributed by atoms with Crippen molar-refractivity contribution in [3.63, 3.8) is 0 Å². The van der Waals surface area contributed by atoms with Crippen LogP contribution in [0.1, 0.15) is 73.0 Å². The van der Waals surface area contributed by atoms with Crippen molar-refractivity contribution >= 4 is 43.8 Å². The lowest BCUT2D eigenvalue weighted by atomic mass is 10.0. The minimum Gasteiger partial charge on any atom is -0.484 e. The van der Waals surface area contributed by atoms with Gasteiger partial charge in [-0.2, -0.15) is 0 Å². The number of carboxylic acids is 2. The Labute approximate surface area is 516 Å². The number of fused-ring (bicyclic) bond motifs is 2. The summed E-state index contributed by atoms with van der Waals surface area (Å²) in [5.74, 6) is -2.20. The zero-order chi connectivity index (χ0) is 62.1. The van der Waals surface area contributed by atoms with E-state index < -0.39 is 56.9 Å². The van der Waals surface area contributed by atoms with Gasteiger partial charge in [-0.15, -0.1) is 0 Å². The standard InChI is InChI=1S/C62H86N8O16S2/c71-57(63-23-33-81-37-39-83-35-25-65-87(77,78)51-19-15-49(16-20-51)85-61-53-13-5-3-11-47(53)41-55(61)69-27-7-1-8-28-69)43-67(45-59(73)74)31-32-68(46-60(75)76)44-58(72)64-24-34-82-38-40-84-36-26-66-88(79,80)52-21-17-50(18-22-52)86-62-54-14-6-4-12-48(54)42-56(62)70-29-9-2-10-30-70/h3-6,11-22,55-56,61-62,65-66H,1-2,7-10,23-46H2,(H,63,71)(H,64,72)(H,73,74)(H,75,76). The zero-order valence-corrected chi connectivity index (χ0v) is 51.6. The quantitative estimate of drug-likeness (QED) is 0.0350. The van der Waals surface area contributed by atoms with Crippen molar-refractivity contribution in [2.45, 2.75) is 85.4 Å². The van der Waals surface area contributed by atoms with Gasteiger partial charge in [0.25, 0.3) is 0 Å². The number of carbonyl (C=O) groups is 4. The molecule has 0 saturated carbocycles. The number of sulfonamides is 2. The highest BCUT2D eigenvalue weighted by Gasteiger charge is 2.40. The van der Waals surface area contributed by atoms with Gasteiger partial charge in [0.1, 0.15) is 23.7 Å². The zero-order valence-electron chi connectivity index (χ0n) is 50.0. The summed E-state index contributed by atoms with van der Waals surface area (Å²) in [7, 11) is -7.63. The average Bonchev–Trinajstić information content (AvgIpc) is 3.28. The number of rotatable bonds is 39. The van der Waals surface area contributed by atoms with Gasteiger partial charge in [0.05, 0.1) is 101 Å². The molecule has 26 heteroatoms. The van der Waals surface area contributed by atoms with Crippen molar-refractivity contribution in [3.05, 3.63) is 119 Å². The van der Waals surface area contributed by atoms with E-state index >= 15 is 0 Å². The van der Waals surface area contributed by atoms with E-state index in [-0.39, 0.29) is 139 Å². The highest BCUT2D eigenvalue weighted by atomic mass is 32.2. The highest BCUT2D eigenvalue weighted by Crippen LogP contribution is 2.41. The summed E-state index contributed by atoms with van der Waals surface area (Å²) in [6.45, 7) is 3.75. The van der Waals surface area contributed by atoms with Crippen LogP contribution in [0, 0.1) is 0 Å². The molecule has 4 unspecified atom stereocenters. The van der Waals surface area contributed by atoms with Gasteiger partial charge in [0.15, 0.2) is 0 Å². The van der Waals surface area contributed by atoms with E-state index in [0.717, 1.165) is 39.0 Å². The topological polar surface area (TPSA) is 293 Å². The number of hydrogen-bond donors (Lipinski definition) is 6. The van der Waals surface area contributed by atoms with E-state index in [9.17, 15) is 46.2 Å². The maximum atomic E-state index is 13.0. The summed E-state index contributed by atoms with van der Waals surface area (Å²) in [4.78, 5) is 56.7. The van der Waals surface area contributed by atoms with Crippen molar-refractivity contribution < 1.29 is 74.6 Å². The third-order valence-corrected chi connectivity index (χ3v) is 18.9. The number of nitrogens with one attached hydrogen (secondary N) is 4. The maximum absolute atomic E-state index is 13.0. The normalized spacial score (nSPS) is 18.9. The van der Waals surface area contributed by atoms with Crippen molar-refractivity contribution in [1.29, 1.82) is 0 Å². The van der Waals surface area contributed by atoms with Gasteiger partial charge in [0, 0.05) is 39.3 Å². The Bertz CT molecular complexity index is 2870. The summed E-state index contributed by atoms with van der Waals surface area (Å²) in [5.41, 5.74) is 4.91. The van der Waals surface area contributed by atoms with E-state index in [4.69, 9.17) is 28.4 Å². The molecule has 2 aliphatic carbocycles. The first-order valence-corrected chi connectivity index (χ1v) is 33.5. The second kappa shape index (κ2) is 34.7. The van der Waals surface area contributed by atoms with Gasteiger partial charge in [-0.05, 0) is 135 Å². The minimum absolute atomic E-state index is 0.0288. The molecular formula is C62H86N8O16S2. The molecule has 8 rings (SSSR count).